The summed E-state index contributed by atoms with van der Waals surface area (Å²) >= 11 is 6.06. The van der Waals surface area contributed by atoms with Gasteiger partial charge in [-0.3, -0.25) is 4.79 Å². The molecular weight excluding hydrogens is 331 g/mol. The van der Waals surface area contributed by atoms with E-state index < -0.39 is 5.91 Å². The van der Waals surface area contributed by atoms with Gasteiger partial charge >= 0.3 is 0 Å². The van der Waals surface area contributed by atoms with E-state index in [0.29, 0.717) is 18.1 Å². The Bertz CT molecular complexity index is 735. The van der Waals surface area contributed by atoms with Gasteiger partial charge in [-0.05, 0) is 37.6 Å². The van der Waals surface area contributed by atoms with Crippen LogP contribution in [-0.2, 0) is 6.54 Å². The van der Waals surface area contributed by atoms with E-state index in [2.05, 4.69) is 10.3 Å². The third kappa shape index (κ3) is 4.14. The van der Waals surface area contributed by atoms with Crippen LogP contribution in [0.25, 0.3) is 0 Å². The standard InChI is InChI=1S/C17H20ClFN4O/c1-3-23(4-2)15-6-5-11(7-14(15)19)9-21-17-13(18)8-12(10-22-17)16(20)24/h5-8,10H,3-4,9H2,1-2H3,(H2,20,24)(H,21,22). The maximum atomic E-state index is 14.3. The van der Waals surface area contributed by atoms with E-state index in [9.17, 15) is 9.18 Å². The van der Waals surface area contributed by atoms with Crippen molar-refractivity contribution in [2.75, 3.05) is 23.3 Å². The molecule has 2 rings (SSSR count). The third-order valence-corrected chi connectivity index (χ3v) is 3.99. The number of pyridine rings is 1. The lowest BCUT2D eigenvalue weighted by atomic mass is 10.1. The van der Waals surface area contributed by atoms with E-state index in [0.717, 1.165) is 18.7 Å². The van der Waals surface area contributed by atoms with Crippen molar-refractivity contribution in [3.63, 3.8) is 0 Å². The zero-order chi connectivity index (χ0) is 17.7. The summed E-state index contributed by atoms with van der Waals surface area (Å²) < 4.78 is 14.3. The first-order chi connectivity index (χ1) is 11.5. The van der Waals surface area contributed by atoms with E-state index in [1.165, 1.54) is 18.3 Å². The zero-order valence-electron chi connectivity index (χ0n) is 13.6. The topological polar surface area (TPSA) is 71.2 Å². The van der Waals surface area contributed by atoms with E-state index in [-0.39, 0.29) is 16.4 Å². The van der Waals surface area contributed by atoms with Crippen molar-refractivity contribution >= 4 is 29.0 Å². The van der Waals surface area contributed by atoms with Gasteiger partial charge in [0.2, 0.25) is 5.91 Å². The third-order valence-electron chi connectivity index (χ3n) is 3.70. The number of nitrogens with zero attached hydrogens (tertiary/aromatic N) is 2. The van der Waals surface area contributed by atoms with Crippen molar-refractivity contribution in [1.29, 1.82) is 0 Å². The summed E-state index contributed by atoms with van der Waals surface area (Å²) in [6.45, 7) is 5.83. The fourth-order valence-corrected chi connectivity index (χ4v) is 2.60. The Morgan fingerprint density at radius 1 is 1.33 bits per heavy atom. The molecule has 0 unspecified atom stereocenters. The lowest BCUT2D eigenvalue weighted by molar-refractivity contribution is 0.1000. The molecule has 0 spiro atoms. The molecule has 1 amide bonds. The summed E-state index contributed by atoms with van der Waals surface area (Å²) in [7, 11) is 0. The van der Waals surface area contributed by atoms with E-state index in [1.54, 1.807) is 6.07 Å². The Kier molecular flexibility index (Phi) is 5.98. The van der Waals surface area contributed by atoms with Crippen LogP contribution in [0.3, 0.4) is 0 Å². The maximum Gasteiger partial charge on any atom is 0.250 e. The summed E-state index contributed by atoms with van der Waals surface area (Å²) in [5, 5.41) is 3.31. The molecule has 7 heteroatoms. The highest BCUT2D eigenvalue weighted by molar-refractivity contribution is 6.33. The van der Waals surface area contributed by atoms with Gasteiger partial charge in [0, 0.05) is 25.8 Å². The normalized spacial score (nSPS) is 10.5. The molecule has 0 aliphatic heterocycles. The first-order valence-electron chi connectivity index (χ1n) is 7.68. The van der Waals surface area contributed by atoms with Gasteiger partial charge in [-0.25, -0.2) is 9.37 Å². The predicted octanol–water partition coefficient (Wildman–Crippen LogP) is 3.43. The molecule has 0 aliphatic rings. The molecule has 1 aromatic heterocycles. The summed E-state index contributed by atoms with van der Waals surface area (Å²) in [5.74, 6) is -0.443. The van der Waals surface area contributed by atoms with Crippen molar-refractivity contribution < 1.29 is 9.18 Å². The number of nitrogens with one attached hydrogen (secondary N) is 1. The lowest BCUT2D eigenvalue weighted by Gasteiger charge is -2.22. The number of halogens is 2. The number of aromatic nitrogens is 1. The van der Waals surface area contributed by atoms with Crippen molar-refractivity contribution in [2.24, 2.45) is 5.73 Å². The predicted molar refractivity (Wildman–Crippen MR) is 95.1 cm³/mol. The largest absolute Gasteiger partial charge is 0.370 e. The van der Waals surface area contributed by atoms with Gasteiger partial charge in [0.1, 0.15) is 11.6 Å². The second-order valence-corrected chi connectivity index (χ2v) is 5.64. The van der Waals surface area contributed by atoms with Crippen LogP contribution in [0, 0.1) is 5.82 Å². The second-order valence-electron chi connectivity index (χ2n) is 5.23. The van der Waals surface area contributed by atoms with Crippen LogP contribution in [-0.4, -0.2) is 24.0 Å². The average molecular weight is 351 g/mol. The number of anilines is 2. The van der Waals surface area contributed by atoms with Crippen molar-refractivity contribution in [2.45, 2.75) is 20.4 Å². The fourth-order valence-electron chi connectivity index (χ4n) is 2.37. The Labute approximate surface area is 145 Å². The van der Waals surface area contributed by atoms with Gasteiger partial charge in [0.15, 0.2) is 0 Å². The molecule has 24 heavy (non-hydrogen) atoms. The number of nitrogens with two attached hydrogens (primary N) is 1. The number of hydrogen-bond acceptors (Lipinski definition) is 4. The Morgan fingerprint density at radius 2 is 2.04 bits per heavy atom. The Hall–Kier alpha value is -2.34. The monoisotopic (exact) mass is 350 g/mol. The molecular formula is C17H20ClFN4O. The molecule has 0 fully saturated rings. The molecule has 0 radical (unpaired) electrons. The first-order valence-corrected chi connectivity index (χ1v) is 8.06. The smallest absolute Gasteiger partial charge is 0.250 e. The van der Waals surface area contributed by atoms with E-state index >= 15 is 0 Å². The minimum Gasteiger partial charge on any atom is -0.370 e. The quantitative estimate of drug-likeness (QED) is 0.802. The number of benzene rings is 1. The van der Waals surface area contributed by atoms with Crippen LogP contribution in [0.1, 0.15) is 29.8 Å². The van der Waals surface area contributed by atoms with Gasteiger partial charge in [-0.15, -0.1) is 0 Å². The van der Waals surface area contributed by atoms with E-state index in [1.807, 2.05) is 24.8 Å². The van der Waals surface area contributed by atoms with Gasteiger partial charge in [-0.2, -0.15) is 0 Å². The second kappa shape index (κ2) is 7.97. The minimum atomic E-state index is -0.593. The van der Waals surface area contributed by atoms with Crippen LogP contribution in [0.15, 0.2) is 30.5 Å². The molecule has 0 saturated heterocycles. The number of amides is 1. The molecule has 0 saturated carbocycles. The Morgan fingerprint density at radius 3 is 2.58 bits per heavy atom. The molecule has 1 aromatic carbocycles. The summed E-state index contributed by atoms with van der Waals surface area (Å²) in [6, 6.07) is 6.57. The molecule has 128 valence electrons. The average Bonchev–Trinajstić information content (AvgIpc) is 2.56. The summed E-state index contributed by atoms with van der Waals surface area (Å²) in [6.07, 6.45) is 1.35. The van der Waals surface area contributed by atoms with E-state index in [4.69, 9.17) is 17.3 Å². The molecule has 0 bridgehead atoms. The molecule has 0 aliphatic carbocycles. The molecule has 1 heterocycles. The molecule has 5 nitrogen and oxygen atoms in total. The summed E-state index contributed by atoms with van der Waals surface area (Å²) in [4.78, 5) is 17.1. The van der Waals surface area contributed by atoms with Crippen molar-refractivity contribution in [3.05, 3.63) is 52.4 Å². The Balaban J connectivity index is 2.10. The van der Waals surface area contributed by atoms with Gasteiger partial charge in [-0.1, -0.05) is 17.7 Å². The van der Waals surface area contributed by atoms with Gasteiger partial charge in [0.25, 0.3) is 0 Å². The van der Waals surface area contributed by atoms with Crippen LogP contribution in [0.4, 0.5) is 15.9 Å². The fraction of sp³-hybridized carbons (Fsp3) is 0.294. The van der Waals surface area contributed by atoms with Crippen LogP contribution in [0.5, 0.6) is 0 Å². The number of carbonyl (C=O) groups excluding carboxylic acids is 1. The number of carbonyl (C=O) groups is 1. The molecule has 3 N–H and O–H groups in total. The number of primary amides is 1. The zero-order valence-corrected chi connectivity index (χ0v) is 14.4. The highest BCUT2D eigenvalue weighted by atomic mass is 35.5. The highest BCUT2D eigenvalue weighted by Crippen LogP contribution is 2.23. The van der Waals surface area contributed by atoms with Crippen LogP contribution >= 0.6 is 11.6 Å². The van der Waals surface area contributed by atoms with Crippen molar-refractivity contribution in [3.8, 4) is 0 Å². The highest BCUT2D eigenvalue weighted by Gasteiger charge is 2.10. The number of rotatable bonds is 7. The first kappa shape index (κ1) is 18.0. The van der Waals surface area contributed by atoms with Crippen molar-refractivity contribution in [1.82, 2.24) is 4.98 Å². The minimum absolute atomic E-state index is 0.236. The van der Waals surface area contributed by atoms with Gasteiger partial charge in [0.05, 0.1) is 16.3 Å². The van der Waals surface area contributed by atoms with Crippen LogP contribution < -0.4 is 16.0 Å². The number of hydrogen-bond donors (Lipinski definition) is 2. The van der Waals surface area contributed by atoms with Gasteiger partial charge < -0.3 is 16.0 Å². The summed E-state index contributed by atoms with van der Waals surface area (Å²) in [5.41, 5.74) is 6.76. The van der Waals surface area contributed by atoms with Crippen LogP contribution in [0.2, 0.25) is 5.02 Å². The molecule has 2 aromatic rings. The maximum absolute atomic E-state index is 14.3. The SMILES string of the molecule is CCN(CC)c1ccc(CNc2ncc(C(N)=O)cc2Cl)cc1F. The lowest BCUT2D eigenvalue weighted by Crippen LogP contribution is -2.23. The molecule has 0 atom stereocenters.